The van der Waals surface area contributed by atoms with Gasteiger partial charge in [-0.3, -0.25) is 4.79 Å². The van der Waals surface area contributed by atoms with E-state index in [0.29, 0.717) is 23.2 Å². The van der Waals surface area contributed by atoms with E-state index in [1.54, 1.807) is 6.92 Å². The maximum Gasteiger partial charge on any atom is 0.339 e. The van der Waals surface area contributed by atoms with Crippen molar-refractivity contribution in [2.45, 2.75) is 20.3 Å². The van der Waals surface area contributed by atoms with E-state index in [4.69, 9.17) is 5.73 Å². The molecule has 1 rings (SSSR count). The normalized spacial score (nSPS) is 10.1. The molecule has 0 saturated heterocycles. The molecule has 82 valence electrons. The topological polar surface area (TPSA) is 85.2 Å². The molecule has 5 heteroatoms. The minimum Gasteiger partial charge on any atom is -0.465 e. The largest absolute Gasteiger partial charge is 0.465 e. The lowest BCUT2D eigenvalue weighted by atomic mass is 10.1. The van der Waals surface area contributed by atoms with Gasteiger partial charge in [0.2, 0.25) is 0 Å². The smallest absolute Gasteiger partial charge is 0.339 e. The van der Waals surface area contributed by atoms with E-state index in [9.17, 15) is 9.59 Å². The molecule has 1 heterocycles. The average Bonchev–Trinajstić information content (AvgIpc) is 2.54. The number of esters is 1. The number of methoxy groups -OCH3 is 1. The number of rotatable bonds is 3. The zero-order valence-electron chi connectivity index (χ0n) is 9.01. The quantitative estimate of drug-likeness (QED) is 0.722. The van der Waals surface area contributed by atoms with Crippen molar-refractivity contribution >= 4 is 11.9 Å². The summed E-state index contributed by atoms with van der Waals surface area (Å²) in [6, 6.07) is 0. The van der Waals surface area contributed by atoms with Crippen LogP contribution in [-0.2, 0) is 11.2 Å². The van der Waals surface area contributed by atoms with Gasteiger partial charge in [-0.25, -0.2) is 4.79 Å². The first-order valence-corrected chi connectivity index (χ1v) is 4.62. The van der Waals surface area contributed by atoms with Gasteiger partial charge in [-0.15, -0.1) is 0 Å². The number of carbonyl (C=O) groups excluding carboxylic acids is 2. The van der Waals surface area contributed by atoms with Crippen molar-refractivity contribution < 1.29 is 14.3 Å². The highest BCUT2D eigenvalue weighted by molar-refractivity contribution is 5.99. The lowest BCUT2D eigenvalue weighted by molar-refractivity contribution is 0.0599. The third-order valence-electron chi connectivity index (χ3n) is 2.32. The monoisotopic (exact) mass is 210 g/mol. The Balaban J connectivity index is 3.36. The van der Waals surface area contributed by atoms with Crippen LogP contribution in [0.4, 0.5) is 0 Å². The van der Waals surface area contributed by atoms with Crippen molar-refractivity contribution in [3.8, 4) is 0 Å². The van der Waals surface area contributed by atoms with Crippen LogP contribution in [0.3, 0.4) is 0 Å². The zero-order valence-corrected chi connectivity index (χ0v) is 9.01. The fourth-order valence-electron chi connectivity index (χ4n) is 1.55. The Morgan fingerprint density at radius 1 is 1.47 bits per heavy atom. The number of carbonyl (C=O) groups is 2. The molecule has 1 amide bonds. The Labute approximate surface area is 87.6 Å². The molecule has 0 aromatic carbocycles. The number of H-pyrrole nitrogens is 1. The van der Waals surface area contributed by atoms with E-state index in [0.717, 1.165) is 0 Å². The number of nitrogens with one attached hydrogen (secondary N) is 1. The van der Waals surface area contributed by atoms with Crippen LogP contribution in [0.2, 0.25) is 0 Å². The summed E-state index contributed by atoms with van der Waals surface area (Å²) in [5, 5.41) is 0. The van der Waals surface area contributed by atoms with Gasteiger partial charge in [0.05, 0.1) is 12.7 Å². The fourth-order valence-corrected chi connectivity index (χ4v) is 1.55. The minimum absolute atomic E-state index is 0.271. The van der Waals surface area contributed by atoms with Crippen molar-refractivity contribution in [1.29, 1.82) is 0 Å². The molecule has 1 aromatic heterocycles. The molecule has 1 aromatic rings. The van der Waals surface area contributed by atoms with Gasteiger partial charge in [0, 0.05) is 5.69 Å². The van der Waals surface area contributed by atoms with Crippen LogP contribution in [0, 0.1) is 6.92 Å². The maximum absolute atomic E-state index is 11.5. The lowest BCUT2D eigenvalue weighted by Crippen LogP contribution is -2.13. The van der Waals surface area contributed by atoms with Crippen LogP contribution in [0.25, 0.3) is 0 Å². The van der Waals surface area contributed by atoms with Gasteiger partial charge in [-0.05, 0) is 18.9 Å². The van der Waals surface area contributed by atoms with Gasteiger partial charge in [0.25, 0.3) is 5.91 Å². The molecule has 0 aliphatic carbocycles. The summed E-state index contributed by atoms with van der Waals surface area (Å²) >= 11 is 0. The summed E-state index contributed by atoms with van der Waals surface area (Å²) in [7, 11) is 1.30. The maximum atomic E-state index is 11.5. The standard InChI is InChI=1S/C10H14N2O3/c1-4-6-7(10(14)15-3)5(2)8(12-6)9(11)13/h12H,4H2,1-3H3,(H2,11,13). The predicted octanol–water partition coefficient (Wildman–Crippen LogP) is 0.771. The predicted molar refractivity (Wildman–Crippen MR) is 54.8 cm³/mol. The Morgan fingerprint density at radius 2 is 2.07 bits per heavy atom. The summed E-state index contributed by atoms with van der Waals surface area (Å²) in [5.41, 5.74) is 7.07. The highest BCUT2D eigenvalue weighted by Gasteiger charge is 2.21. The van der Waals surface area contributed by atoms with E-state index in [2.05, 4.69) is 9.72 Å². The molecule has 3 N–H and O–H groups in total. The van der Waals surface area contributed by atoms with Crippen molar-refractivity contribution in [2.24, 2.45) is 5.73 Å². The van der Waals surface area contributed by atoms with Crippen LogP contribution < -0.4 is 5.73 Å². The Morgan fingerprint density at radius 3 is 2.47 bits per heavy atom. The minimum atomic E-state index is -0.572. The van der Waals surface area contributed by atoms with Gasteiger partial charge in [-0.1, -0.05) is 6.92 Å². The second-order valence-electron chi connectivity index (χ2n) is 3.19. The SMILES string of the molecule is CCc1[nH]c(C(N)=O)c(C)c1C(=O)OC. The molecule has 0 aliphatic rings. The van der Waals surface area contributed by atoms with Crippen LogP contribution in [0.5, 0.6) is 0 Å². The lowest BCUT2D eigenvalue weighted by Gasteiger charge is -2.00. The van der Waals surface area contributed by atoms with E-state index >= 15 is 0 Å². The van der Waals surface area contributed by atoms with Crippen LogP contribution in [0.1, 0.15) is 39.0 Å². The number of ether oxygens (including phenoxy) is 1. The third-order valence-corrected chi connectivity index (χ3v) is 2.32. The fraction of sp³-hybridized carbons (Fsp3) is 0.400. The molecule has 15 heavy (non-hydrogen) atoms. The van der Waals surface area contributed by atoms with Crippen molar-refractivity contribution in [3.05, 3.63) is 22.5 Å². The highest BCUT2D eigenvalue weighted by Crippen LogP contribution is 2.19. The van der Waals surface area contributed by atoms with Crippen LogP contribution in [-0.4, -0.2) is 24.0 Å². The first-order valence-electron chi connectivity index (χ1n) is 4.62. The number of aromatic nitrogens is 1. The Bertz CT molecular complexity index is 407. The summed E-state index contributed by atoms with van der Waals surface area (Å²) in [4.78, 5) is 25.3. The highest BCUT2D eigenvalue weighted by atomic mass is 16.5. The molecular formula is C10H14N2O3. The number of aryl methyl sites for hydroxylation is 1. The molecule has 0 fully saturated rings. The first kappa shape index (κ1) is 11.3. The van der Waals surface area contributed by atoms with E-state index in [1.807, 2.05) is 6.92 Å². The summed E-state index contributed by atoms with van der Waals surface area (Å²) in [6.07, 6.45) is 0.610. The molecule has 0 unspecified atom stereocenters. The van der Waals surface area contributed by atoms with E-state index in [-0.39, 0.29) is 5.69 Å². The summed E-state index contributed by atoms with van der Waals surface area (Å²) < 4.78 is 4.64. The molecule has 0 aliphatic heterocycles. The summed E-state index contributed by atoms with van der Waals surface area (Å²) in [5.74, 6) is -1.02. The van der Waals surface area contributed by atoms with Gasteiger partial charge < -0.3 is 15.5 Å². The summed E-state index contributed by atoms with van der Waals surface area (Å²) in [6.45, 7) is 3.55. The van der Waals surface area contributed by atoms with E-state index in [1.165, 1.54) is 7.11 Å². The van der Waals surface area contributed by atoms with Crippen LogP contribution in [0.15, 0.2) is 0 Å². The first-order chi connectivity index (χ1) is 7.02. The van der Waals surface area contributed by atoms with Gasteiger partial charge in [-0.2, -0.15) is 0 Å². The van der Waals surface area contributed by atoms with E-state index < -0.39 is 11.9 Å². The number of hydrogen-bond donors (Lipinski definition) is 2. The third kappa shape index (κ3) is 1.86. The molecule has 0 bridgehead atoms. The second-order valence-corrected chi connectivity index (χ2v) is 3.19. The Hall–Kier alpha value is -1.78. The number of hydrogen-bond acceptors (Lipinski definition) is 3. The molecule has 0 saturated carbocycles. The van der Waals surface area contributed by atoms with Crippen molar-refractivity contribution in [1.82, 2.24) is 4.98 Å². The Kier molecular flexibility index (Phi) is 3.14. The van der Waals surface area contributed by atoms with Crippen molar-refractivity contribution in [2.75, 3.05) is 7.11 Å². The van der Waals surface area contributed by atoms with Crippen LogP contribution >= 0.6 is 0 Å². The average molecular weight is 210 g/mol. The second kappa shape index (κ2) is 4.16. The molecule has 0 radical (unpaired) electrons. The van der Waals surface area contributed by atoms with Gasteiger partial charge in [0.15, 0.2) is 0 Å². The molecule has 5 nitrogen and oxygen atoms in total. The number of aromatic amines is 1. The number of amides is 1. The van der Waals surface area contributed by atoms with Gasteiger partial charge in [0.1, 0.15) is 5.69 Å². The number of nitrogens with two attached hydrogens (primary N) is 1. The molecule has 0 atom stereocenters. The van der Waals surface area contributed by atoms with Crippen molar-refractivity contribution in [3.63, 3.8) is 0 Å². The molecule has 0 spiro atoms. The molecular weight excluding hydrogens is 196 g/mol. The van der Waals surface area contributed by atoms with Gasteiger partial charge >= 0.3 is 5.97 Å². The number of primary amides is 1. The zero-order chi connectivity index (χ0) is 11.6.